The molecule has 1 aromatic rings. The number of halogens is 1. The first-order chi connectivity index (χ1) is 5.74. The summed E-state index contributed by atoms with van der Waals surface area (Å²) in [4.78, 5) is 4.69. The smallest absolute Gasteiger partial charge is 0.123 e. The molecule has 0 saturated heterocycles. The molecule has 0 aliphatic rings. The van der Waals surface area contributed by atoms with Gasteiger partial charge in [0, 0.05) is 6.54 Å². The van der Waals surface area contributed by atoms with Crippen LogP contribution in [0.1, 0.15) is 11.1 Å². The Balaban J connectivity index is 2.72. The number of hydrogen-bond donors (Lipinski definition) is 1. The predicted octanol–water partition coefficient (Wildman–Crippen LogP) is 1.79. The van der Waals surface area contributed by atoms with Gasteiger partial charge in [0.2, 0.25) is 0 Å². The Kier molecular flexibility index (Phi) is 3.19. The third-order valence-electron chi connectivity index (χ3n) is 1.71. The van der Waals surface area contributed by atoms with Crippen LogP contribution in [0.25, 0.3) is 0 Å². The van der Waals surface area contributed by atoms with Crippen molar-refractivity contribution in [2.75, 3.05) is 7.11 Å². The van der Waals surface area contributed by atoms with Crippen LogP contribution in [0.4, 0.5) is 4.39 Å². The topological polar surface area (TPSA) is 21.3 Å². The van der Waals surface area contributed by atoms with Crippen LogP contribution >= 0.6 is 0 Å². The molecule has 0 atom stereocenters. The maximum Gasteiger partial charge on any atom is 0.123 e. The lowest BCUT2D eigenvalue weighted by Gasteiger charge is -2.05. The van der Waals surface area contributed by atoms with Crippen LogP contribution in [-0.2, 0) is 11.4 Å². The molecule has 0 radical (unpaired) electrons. The van der Waals surface area contributed by atoms with Crippen LogP contribution in [0.3, 0.4) is 0 Å². The van der Waals surface area contributed by atoms with E-state index in [0.29, 0.717) is 6.54 Å². The van der Waals surface area contributed by atoms with Gasteiger partial charge in [0.15, 0.2) is 0 Å². The zero-order valence-corrected chi connectivity index (χ0v) is 7.23. The van der Waals surface area contributed by atoms with E-state index in [1.54, 1.807) is 13.2 Å². The molecular formula is C9H12FNO. The third kappa shape index (κ3) is 2.29. The van der Waals surface area contributed by atoms with Gasteiger partial charge in [0.25, 0.3) is 0 Å². The zero-order chi connectivity index (χ0) is 8.97. The molecule has 2 nitrogen and oxygen atoms in total. The highest BCUT2D eigenvalue weighted by molar-refractivity contribution is 5.26. The Morgan fingerprint density at radius 1 is 1.50 bits per heavy atom. The van der Waals surface area contributed by atoms with Crippen LogP contribution in [0.15, 0.2) is 18.2 Å². The van der Waals surface area contributed by atoms with Gasteiger partial charge in [0.05, 0.1) is 7.11 Å². The van der Waals surface area contributed by atoms with Crippen molar-refractivity contribution in [3.63, 3.8) is 0 Å². The molecule has 1 rings (SSSR count). The Morgan fingerprint density at radius 2 is 2.25 bits per heavy atom. The highest BCUT2D eigenvalue weighted by Gasteiger charge is 1.98. The van der Waals surface area contributed by atoms with E-state index in [0.717, 1.165) is 11.1 Å². The minimum absolute atomic E-state index is 0.200. The van der Waals surface area contributed by atoms with E-state index in [4.69, 9.17) is 0 Å². The molecule has 0 bridgehead atoms. The first kappa shape index (κ1) is 9.16. The highest BCUT2D eigenvalue weighted by Crippen LogP contribution is 2.09. The Morgan fingerprint density at radius 3 is 2.83 bits per heavy atom. The van der Waals surface area contributed by atoms with Gasteiger partial charge in [-0.1, -0.05) is 6.07 Å². The second kappa shape index (κ2) is 4.18. The fourth-order valence-electron chi connectivity index (χ4n) is 1.01. The average Bonchev–Trinajstić information content (AvgIpc) is 2.03. The molecule has 0 heterocycles. The van der Waals surface area contributed by atoms with E-state index in [1.807, 2.05) is 6.92 Å². The summed E-state index contributed by atoms with van der Waals surface area (Å²) in [5, 5.41) is 0. The van der Waals surface area contributed by atoms with Crippen molar-refractivity contribution in [3.8, 4) is 0 Å². The van der Waals surface area contributed by atoms with Gasteiger partial charge in [-0.05, 0) is 30.2 Å². The van der Waals surface area contributed by atoms with Crippen molar-refractivity contribution in [2.24, 2.45) is 0 Å². The normalized spacial score (nSPS) is 10.2. The van der Waals surface area contributed by atoms with E-state index in [9.17, 15) is 4.39 Å². The molecule has 3 heteroatoms. The molecule has 0 aromatic heterocycles. The summed E-state index contributed by atoms with van der Waals surface area (Å²) in [5.41, 5.74) is 4.67. The van der Waals surface area contributed by atoms with Crippen LogP contribution < -0.4 is 5.48 Å². The Bertz CT molecular complexity index is 263. The fraction of sp³-hybridized carbons (Fsp3) is 0.333. The van der Waals surface area contributed by atoms with E-state index < -0.39 is 0 Å². The molecule has 0 spiro atoms. The zero-order valence-electron chi connectivity index (χ0n) is 7.23. The van der Waals surface area contributed by atoms with Gasteiger partial charge >= 0.3 is 0 Å². The van der Waals surface area contributed by atoms with E-state index >= 15 is 0 Å². The first-order valence-corrected chi connectivity index (χ1v) is 3.75. The predicted molar refractivity (Wildman–Crippen MR) is 45.0 cm³/mol. The summed E-state index contributed by atoms with van der Waals surface area (Å²) >= 11 is 0. The number of nitrogens with one attached hydrogen (secondary N) is 1. The molecule has 1 aromatic carbocycles. The molecule has 0 unspecified atom stereocenters. The van der Waals surface area contributed by atoms with Crippen molar-refractivity contribution in [1.29, 1.82) is 0 Å². The standard InChI is InChI=1S/C9H12FNO/c1-7-5-9(10)4-3-8(7)6-11-12-2/h3-5,11H,6H2,1-2H3. The molecule has 0 amide bonds. The van der Waals surface area contributed by atoms with Crippen LogP contribution in [0, 0.1) is 12.7 Å². The van der Waals surface area contributed by atoms with Crippen LogP contribution in [0.5, 0.6) is 0 Å². The molecule has 0 aliphatic heterocycles. The summed E-state index contributed by atoms with van der Waals surface area (Å²) in [5.74, 6) is -0.200. The summed E-state index contributed by atoms with van der Waals surface area (Å²) in [6.45, 7) is 2.47. The summed E-state index contributed by atoms with van der Waals surface area (Å²) in [6, 6.07) is 4.70. The number of hydroxylamine groups is 1. The van der Waals surface area contributed by atoms with Gasteiger partial charge in [-0.2, -0.15) is 5.48 Å². The van der Waals surface area contributed by atoms with Gasteiger partial charge in [-0.15, -0.1) is 0 Å². The second-order valence-corrected chi connectivity index (χ2v) is 2.60. The number of hydrogen-bond acceptors (Lipinski definition) is 2. The van der Waals surface area contributed by atoms with Gasteiger partial charge < -0.3 is 4.84 Å². The van der Waals surface area contributed by atoms with E-state index in [2.05, 4.69) is 10.3 Å². The lowest BCUT2D eigenvalue weighted by atomic mass is 10.1. The maximum atomic E-state index is 12.6. The SMILES string of the molecule is CONCc1ccc(F)cc1C. The fourth-order valence-corrected chi connectivity index (χ4v) is 1.01. The number of aryl methyl sites for hydroxylation is 1. The van der Waals surface area contributed by atoms with E-state index in [-0.39, 0.29) is 5.82 Å². The lowest BCUT2D eigenvalue weighted by Crippen LogP contribution is -2.11. The Labute approximate surface area is 71.3 Å². The molecule has 12 heavy (non-hydrogen) atoms. The Hall–Kier alpha value is -0.930. The average molecular weight is 169 g/mol. The monoisotopic (exact) mass is 169 g/mol. The van der Waals surface area contributed by atoms with E-state index in [1.165, 1.54) is 12.1 Å². The molecule has 1 N–H and O–H groups in total. The number of benzene rings is 1. The largest absolute Gasteiger partial charge is 0.305 e. The minimum Gasteiger partial charge on any atom is -0.305 e. The van der Waals surface area contributed by atoms with Crippen molar-refractivity contribution in [2.45, 2.75) is 13.5 Å². The third-order valence-corrected chi connectivity index (χ3v) is 1.71. The van der Waals surface area contributed by atoms with Gasteiger partial charge in [0.1, 0.15) is 5.82 Å². The summed E-state index contributed by atoms with van der Waals surface area (Å²) in [7, 11) is 1.55. The maximum absolute atomic E-state index is 12.6. The van der Waals surface area contributed by atoms with Crippen molar-refractivity contribution >= 4 is 0 Å². The van der Waals surface area contributed by atoms with Crippen molar-refractivity contribution < 1.29 is 9.23 Å². The quantitative estimate of drug-likeness (QED) is 0.696. The first-order valence-electron chi connectivity index (χ1n) is 3.75. The molecular weight excluding hydrogens is 157 g/mol. The molecule has 0 saturated carbocycles. The van der Waals surface area contributed by atoms with Crippen molar-refractivity contribution in [3.05, 3.63) is 35.1 Å². The summed E-state index contributed by atoms with van der Waals surface area (Å²) in [6.07, 6.45) is 0. The summed E-state index contributed by atoms with van der Waals surface area (Å²) < 4.78 is 12.6. The van der Waals surface area contributed by atoms with Crippen molar-refractivity contribution in [1.82, 2.24) is 5.48 Å². The second-order valence-electron chi connectivity index (χ2n) is 2.60. The van der Waals surface area contributed by atoms with Gasteiger partial charge in [-0.25, -0.2) is 4.39 Å². The number of rotatable bonds is 3. The van der Waals surface area contributed by atoms with Crippen LogP contribution in [0.2, 0.25) is 0 Å². The highest BCUT2D eigenvalue weighted by atomic mass is 19.1. The molecule has 0 aliphatic carbocycles. The molecule has 66 valence electrons. The molecule has 0 fully saturated rings. The minimum atomic E-state index is -0.200. The van der Waals surface area contributed by atoms with Gasteiger partial charge in [-0.3, -0.25) is 0 Å². The lowest BCUT2D eigenvalue weighted by molar-refractivity contribution is 0.0866. The van der Waals surface area contributed by atoms with Crippen LogP contribution in [-0.4, -0.2) is 7.11 Å².